The highest BCUT2D eigenvalue weighted by Gasteiger charge is 2.08. The zero-order valence-corrected chi connectivity index (χ0v) is 13.8. The third kappa shape index (κ3) is 4.71. The lowest BCUT2D eigenvalue weighted by atomic mass is 10.1. The van der Waals surface area contributed by atoms with Crippen molar-refractivity contribution < 1.29 is 14.3 Å². The summed E-state index contributed by atoms with van der Waals surface area (Å²) >= 11 is 0. The van der Waals surface area contributed by atoms with Crippen molar-refractivity contribution in [2.75, 3.05) is 19.0 Å². The minimum absolute atomic E-state index is 0.0334. The van der Waals surface area contributed by atoms with Gasteiger partial charge in [0.25, 0.3) is 0 Å². The predicted molar refractivity (Wildman–Crippen MR) is 90.1 cm³/mol. The SMILES string of the molecule is CCOc1ccc(CCC(=O)Nc2cccnc2C)cc1OC. The molecule has 2 rings (SSSR count). The van der Waals surface area contributed by atoms with Gasteiger partial charge in [0.15, 0.2) is 11.5 Å². The second-order valence-corrected chi connectivity index (χ2v) is 5.10. The number of ether oxygens (including phenoxy) is 2. The van der Waals surface area contributed by atoms with Crippen molar-refractivity contribution in [2.45, 2.75) is 26.7 Å². The molecule has 0 saturated heterocycles. The summed E-state index contributed by atoms with van der Waals surface area (Å²) in [5.41, 5.74) is 2.59. The number of rotatable bonds is 7. The molecular weight excluding hydrogens is 292 g/mol. The van der Waals surface area contributed by atoms with E-state index in [9.17, 15) is 4.79 Å². The molecule has 0 aliphatic rings. The molecule has 0 saturated carbocycles. The Bertz CT molecular complexity index is 671. The first kappa shape index (κ1) is 16.8. The Hall–Kier alpha value is -2.56. The molecule has 0 fully saturated rings. The average Bonchev–Trinajstić information content (AvgIpc) is 2.56. The van der Waals surface area contributed by atoms with Crippen molar-refractivity contribution in [1.82, 2.24) is 4.98 Å². The third-order valence-corrected chi connectivity index (χ3v) is 3.45. The van der Waals surface area contributed by atoms with Crippen LogP contribution in [0, 0.1) is 6.92 Å². The van der Waals surface area contributed by atoms with Gasteiger partial charge in [-0.3, -0.25) is 9.78 Å². The number of aromatic nitrogens is 1. The fraction of sp³-hybridized carbons (Fsp3) is 0.333. The molecule has 0 radical (unpaired) electrons. The maximum atomic E-state index is 12.1. The molecule has 1 aromatic carbocycles. The molecule has 5 heteroatoms. The molecule has 0 aliphatic heterocycles. The Kier molecular flexibility index (Phi) is 5.97. The first-order valence-corrected chi connectivity index (χ1v) is 7.65. The number of anilines is 1. The number of nitrogens with one attached hydrogen (secondary N) is 1. The third-order valence-electron chi connectivity index (χ3n) is 3.45. The number of methoxy groups -OCH3 is 1. The molecule has 122 valence electrons. The molecule has 23 heavy (non-hydrogen) atoms. The van der Waals surface area contributed by atoms with Gasteiger partial charge in [0.1, 0.15) is 0 Å². The van der Waals surface area contributed by atoms with Crippen molar-refractivity contribution >= 4 is 11.6 Å². The molecule has 2 aromatic rings. The molecule has 5 nitrogen and oxygen atoms in total. The van der Waals surface area contributed by atoms with Gasteiger partial charge in [0.2, 0.25) is 5.91 Å². The number of benzene rings is 1. The topological polar surface area (TPSA) is 60.5 Å². The van der Waals surface area contributed by atoms with E-state index < -0.39 is 0 Å². The van der Waals surface area contributed by atoms with Crippen LogP contribution in [0.5, 0.6) is 11.5 Å². The van der Waals surface area contributed by atoms with Crippen LogP contribution < -0.4 is 14.8 Å². The summed E-state index contributed by atoms with van der Waals surface area (Å²) in [5.74, 6) is 1.37. The van der Waals surface area contributed by atoms with E-state index in [1.165, 1.54) is 0 Å². The van der Waals surface area contributed by atoms with Gasteiger partial charge in [0.05, 0.1) is 25.1 Å². The van der Waals surface area contributed by atoms with Crippen LogP contribution >= 0.6 is 0 Å². The van der Waals surface area contributed by atoms with Gasteiger partial charge >= 0.3 is 0 Å². The standard InChI is InChI=1S/C18H22N2O3/c1-4-23-16-9-7-14(12-17(16)22-3)8-10-18(21)20-15-6-5-11-19-13(15)2/h5-7,9,11-12H,4,8,10H2,1-3H3,(H,20,21). The van der Waals surface area contributed by atoms with Crippen LogP contribution in [0.1, 0.15) is 24.6 Å². The lowest BCUT2D eigenvalue weighted by Crippen LogP contribution is -2.13. The number of nitrogens with zero attached hydrogens (tertiary/aromatic N) is 1. The highest BCUT2D eigenvalue weighted by molar-refractivity contribution is 5.91. The van der Waals surface area contributed by atoms with E-state index in [0.717, 1.165) is 16.9 Å². The molecule has 0 bridgehead atoms. The number of aryl methyl sites for hydroxylation is 2. The minimum Gasteiger partial charge on any atom is -0.493 e. The fourth-order valence-electron chi connectivity index (χ4n) is 2.23. The van der Waals surface area contributed by atoms with Crippen LogP contribution in [-0.2, 0) is 11.2 Å². The second kappa shape index (κ2) is 8.17. The maximum Gasteiger partial charge on any atom is 0.224 e. The molecular formula is C18H22N2O3. The van der Waals surface area contributed by atoms with E-state index in [0.29, 0.717) is 30.9 Å². The van der Waals surface area contributed by atoms with Gasteiger partial charge in [-0.25, -0.2) is 0 Å². The van der Waals surface area contributed by atoms with Crippen LogP contribution in [0.25, 0.3) is 0 Å². The number of carbonyl (C=O) groups is 1. The number of pyridine rings is 1. The van der Waals surface area contributed by atoms with E-state index in [-0.39, 0.29) is 5.91 Å². The summed E-state index contributed by atoms with van der Waals surface area (Å²) < 4.78 is 10.8. The molecule has 1 N–H and O–H groups in total. The predicted octanol–water partition coefficient (Wildman–Crippen LogP) is 3.37. The van der Waals surface area contributed by atoms with E-state index in [2.05, 4.69) is 10.3 Å². The molecule has 0 unspecified atom stereocenters. The molecule has 0 aliphatic carbocycles. The lowest BCUT2D eigenvalue weighted by molar-refractivity contribution is -0.116. The Morgan fingerprint density at radius 2 is 2.09 bits per heavy atom. The van der Waals surface area contributed by atoms with Crippen molar-refractivity contribution in [3.63, 3.8) is 0 Å². The number of hydrogen-bond donors (Lipinski definition) is 1. The number of hydrogen-bond acceptors (Lipinski definition) is 4. The highest BCUT2D eigenvalue weighted by Crippen LogP contribution is 2.28. The van der Waals surface area contributed by atoms with Crippen LogP contribution in [0.4, 0.5) is 5.69 Å². The number of carbonyl (C=O) groups excluding carboxylic acids is 1. The molecule has 1 aromatic heterocycles. The van der Waals surface area contributed by atoms with E-state index in [4.69, 9.17) is 9.47 Å². The lowest BCUT2D eigenvalue weighted by Gasteiger charge is -2.11. The van der Waals surface area contributed by atoms with Gasteiger partial charge in [-0.15, -0.1) is 0 Å². The Morgan fingerprint density at radius 3 is 2.78 bits per heavy atom. The van der Waals surface area contributed by atoms with Crippen molar-refractivity contribution in [2.24, 2.45) is 0 Å². The smallest absolute Gasteiger partial charge is 0.224 e. The van der Waals surface area contributed by atoms with Gasteiger partial charge in [-0.1, -0.05) is 6.07 Å². The average molecular weight is 314 g/mol. The molecule has 0 atom stereocenters. The van der Waals surface area contributed by atoms with E-state index >= 15 is 0 Å². The van der Waals surface area contributed by atoms with Gasteiger partial charge in [-0.05, 0) is 50.1 Å². The summed E-state index contributed by atoms with van der Waals surface area (Å²) in [7, 11) is 1.61. The summed E-state index contributed by atoms with van der Waals surface area (Å²) in [6, 6.07) is 9.39. The molecule has 1 heterocycles. The number of amides is 1. The highest BCUT2D eigenvalue weighted by atomic mass is 16.5. The van der Waals surface area contributed by atoms with Gasteiger partial charge in [0, 0.05) is 12.6 Å². The van der Waals surface area contributed by atoms with E-state index in [1.54, 1.807) is 19.4 Å². The fourth-order valence-corrected chi connectivity index (χ4v) is 2.23. The first-order chi connectivity index (χ1) is 11.1. The van der Waals surface area contributed by atoms with Crippen LogP contribution in [0.3, 0.4) is 0 Å². The zero-order chi connectivity index (χ0) is 16.7. The summed E-state index contributed by atoms with van der Waals surface area (Å²) in [6.45, 7) is 4.38. The molecule has 0 spiro atoms. The van der Waals surface area contributed by atoms with Gasteiger partial charge < -0.3 is 14.8 Å². The van der Waals surface area contributed by atoms with Crippen molar-refractivity contribution in [1.29, 1.82) is 0 Å². The van der Waals surface area contributed by atoms with Crippen LogP contribution in [0.2, 0.25) is 0 Å². The van der Waals surface area contributed by atoms with E-state index in [1.807, 2.05) is 38.1 Å². The largest absolute Gasteiger partial charge is 0.493 e. The van der Waals surface area contributed by atoms with Crippen molar-refractivity contribution in [3.05, 3.63) is 47.8 Å². The van der Waals surface area contributed by atoms with Crippen LogP contribution in [-0.4, -0.2) is 24.6 Å². The normalized spacial score (nSPS) is 10.2. The van der Waals surface area contributed by atoms with Crippen molar-refractivity contribution in [3.8, 4) is 11.5 Å². The molecule has 1 amide bonds. The first-order valence-electron chi connectivity index (χ1n) is 7.65. The minimum atomic E-state index is -0.0334. The summed E-state index contributed by atoms with van der Waals surface area (Å²) in [5, 5.41) is 2.88. The summed E-state index contributed by atoms with van der Waals surface area (Å²) in [6.07, 6.45) is 2.73. The monoisotopic (exact) mass is 314 g/mol. The second-order valence-electron chi connectivity index (χ2n) is 5.10. The summed E-state index contributed by atoms with van der Waals surface area (Å²) in [4.78, 5) is 16.2. The Morgan fingerprint density at radius 1 is 1.26 bits per heavy atom. The maximum absolute atomic E-state index is 12.1. The Labute approximate surface area is 136 Å². The van der Waals surface area contributed by atoms with Gasteiger partial charge in [-0.2, -0.15) is 0 Å². The van der Waals surface area contributed by atoms with Crippen LogP contribution in [0.15, 0.2) is 36.5 Å². The zero-order valence-electron chi connectivity index (χ0n) is 13.8. The quantitative estimate of drug-likeness (QED) is 0.851. The Balaban J connectivity index is 1.95.